The predicted octanol–water partition coefficient (Wildman–Crippen LogP) is 0.885. The van der Waals surface area contributed by atoms with Gasteiger partial charge in [-0.25, -0.2) is 0 Å². The lowest BCUT2D eigenvalue weighted by Crippen LogP contribution is -2.54. The number of hydrogen-bond donors (Lipinski definition) is 1. The van der Waals surface area contributed by atoms with Crippen LogP contribution in [0.3, 0.4) is 0 Å². The summed E-state index contributed by atoms with van der Waals surface area (Å²) in [6.07, 6.45) is 0. The molecule has 0 radical (unpaired) electrons. The second-order valence-electron chi connectivity index (χ2n) is 5.65. The molecule has 1 saturated heterocycles. The van der Waals surface area contributed by atoms with Gasteiger partial charge in [-0.05, 0) is 12.5 Å². The van der Waals surface area contributed by atoms with Crippen LogP contribution in [0.2, 0.25) is 0 Å². The van der Waals surface area contributed by atoms with E-state index in [2.05, 4.69) is 35.9 Å². The Morgan fingerprint density at radius 3 is 2.33 bits per heavy atom. The maximum atomic E-state index is 5.35. The fourth-order valence-corrected chi connectivity index (χ4v) is 2.62. The van der Waals surface area contributed by atoms with Crippen LogP contribution in [-0.2, 0) is 4.74 Å². The molecule has 0 aromatic rings. The number of rotatable bonds is 8. The van der Waals surface area contributed by atoms with E-state index in [1.165, 1.54) is 32.7 Å². The van der Waals surface area contributed by atoms with Crippen molar-refractivity contribution in [1.82, 2.24) is 15.1 Å². The van der Waals surface area contributed by atoms with Crippen LogP contribution >= 0.6 is 0 Å². The Morgan fingerprint density at radius 2 is 1.83 bits per heavy atom. The Hall–Kier alpha value is -0.160. The predicted molar refractivity (Wildman–Crippen MR) is 77.1 cm³/mol. The van der Waals surface area contributed by atoms with Crippen LogP contribution in [0.5, 0.6) is 0 Å². The zero-order valence-corrected chi connectivity index (χ0v) is 12.6. The van der Waals surface area contributed by atoms with Gasteiger partial charge < -0.3 is 15.0 Å². The first-order valence-corrected chi connectivity index (χ1v) is 7.33. The monoisotopic (exact) mass is 257 g/mol. The topological polar surface area (TPSA) is 27.7 Å². The van der Waals surface area contributed by atoms with Crippen molar-refractivity contribution in [3.05, 3.63) is 0 Å². The third-order valence-corrected chi connectivity index (χ3v) is 3.54. The molecule has 0 aliphatic carbocycles. The van der Waals surface area contributed by atoms with Crippen molar-refractivity contribution < 1.29 is 4.74 Å². The van der Waals surface area contributed by atoms with Gasteiger partial charge in [0.25, 0.3) is 0 Å². The molecule has 1 unspecified atom stereocenters. The van der Waals surface area contributed by atoms with Crippen molar-refractivity contribution in [3.63, 3.8) is 0 Å². The molecule has 1 aliphatic heterocycles. The first-order valence-electron chi connectivity index (χ1n) is 7.33. The van der Waals surface area contributed by atoms with Gasteiger partial charge in [0.05, 0.1) is 6.61 Å². The maximum Gasteiger partial charge on any atom is 0.0630 e. The van der Waals surface area contributed by atoms with Crippen LogP contribution in [0.1, 0.15) is 20.8 Å². The molecule has 1 N–H and O–H groups in total. The second kappa shape index (κ2) is 8.86. The molecule has 0 amide bonds. The first-order chi connectivity index (χ1) is 8.67. The quantitative estimate of drug-likeness (QED) is 0.699. The number of piperazine rings is 1. The van der Waals surface area contributed by atoms with Crippen molar-refractivity contribution >= 4 is 0 Å². The average molecular weight is 257 g/mol. The summed E-state index contributed by atoms with van der Waals surface area (Å²) >= 11 is 0. The standard InChI is InChI=1S/C14H31N3O/c1-5-15-10-14(12-18-4)17-8-6-16(7-9-17)11-13(2)3/h13-15H,5-12H2,1-4H3. The van der Waals surface area contributed by atoms with Crippen LogP contribution in [0.15, 0.2) is 0 Å². The maximum absolute atomic E-state index is 5.35. The number of ether oxygens (including phenoxy) is 1. The summed E-state index contributed by atoms with van der Waals surface area (Å²) in [6.45, 7) is 15.6. The third kappa shape index (κ3) is 5.65. The Bertz CT molecular complexity index is 203. The molecule has 18 heavy (non-hydrogen) atoms. The number of methoxy groups -OCH3 is 1. The molecule has 1 atom stereocenters. The lowest BCUT2D eigenvalue weighted by Gasteiger charge is -2.39. The first kappa shape index (κ1) is 15.9. The number of likely N-dealkylation sites (N-methyl/N-ethyl adjacent to an activating group) is 1. The Morgan fingerprint density at radius 1 is 1.17 bits per heavy atom. The molecule has 0 aromatic carbocycles. The van der Waals surface area contributed by atoms with Gasteiger partial charge in [0.15, 0.2) is 0 Å². The highest BCUT2D eigenvalue weighted by atomic mass is 16.5. The van der Waals surface area contributed by atoms with Gasteiger partial charge in [-0.3, -0.25) is 4.90 Å². The molecule has 0 spiro atoms. The summed E-state index contributed by atoms with van der Waals surface area (Å²) < 4.78 is 5.35. The van der Waals surface area contributed by atoms with E-state index >= 15 is 0 Å². The molecule has 1 aliphatic rings. The molecular formula is C14H31N3O. The van der Waals surface area contributed by atoms with E-state index in [0.717, 1.165) is 25.6 Å². The van der Waals surface area contributed by atoms with E-state index in [9.17, 15) is 0 Å². The largest absolute Gasteiger partial charge is 0.383 e. The fraction of sp³-hybridized carbons (Fsp3) is 1.00. The van der Waals surface area contributed by atoms with Gasteiger partial charge in [0.1, 0.15) is 0 Å². The Labute approximate surface area is 113 Å². The van der Waals surface area contributed by atoms with Gasteiger partial charge in [-0.2, -0.15) is 0 Å². The molecule has 0 bridgehead atoms. The fourth-order valence-electron chi connectivity index (χ4n) is 2.62. The van der Waals surface area contributed by atoms with E-state index < -0.39 is 0 Å². The van der Waals surface area contributed by atoms with Crippen LogP contribution in [0, 0.1) is 5.92 Å². The van der Waals surface area contributed by atoms with E-state index in [4.69, 9.17) is 4.74 Å². The molecule has 108 valence electrons. The molecule has 0 saturated carbocycles. The van der Waals surface area contributed by atoms with Gasteiger partial charge in [0.2, 0.25) is 0 Å². The van der Waals surface area contributed by atoms with Crippen LogP contribution in [0.25, 0.3) is 0 Å². The highest BCUT2D eigenvalue weighted by Gasteiger charge is 2.23. The van der Waals surface area contributed by atoms with Gasteiger partial charge in [-0.1, -0.05) is 20.8 Å². The van der Waals surface area contributed by atoms with E-state index in [-0.39, 0.29) is 0 Å². The van der Waals surface area contributed by atoms with Gasteiger partial charge in [0, 0.05) is 52.4 Å². The van der Waals surface area contributed by atoms with Crippen LogP contribution < -0.4 is 5.32 Å². The van der Waals surface area contributed by atoms with Crippen molar-refractivity contribution in [2.24, 2.45) is 5.92 Å². The molecule has 1 rings (SSSR count). The van der Waals surface area contributed by atoms with E-state index in [0.29, 0.717) is 6.04 Å². The highest BCUT2D eigenvalue weighted by Crippen LogP contribution is 2.08. The Kier molecular flexibility index (Phi) is 7.82. The normalized spacial score (nSPS) is 20.5. The summed E-state index contributed by atoms with van der Waals surface area (Å²) in [5.74, 6) is 0.771. The van der Waals surface area contributed by atoms with Crippen LogP contribution in [0.4, 0.5) is 0 Å². The Balaban J connectivity index is 2.33. The minimum atomic E-state index is 0.524. The van der Waals surface area contributed by atoms with Gasteiger partial charge >= 0.3 is 0 Å². The molecule has 4 nitrogen and oxygen atoms in total. The molecule has 0 aromatic heterocycles. The van der Waals surface area contributed by atoms with Crippen molar-refractivity contribution in [1.29, 1.82) is 0 Å². The second-order valence-corrected chi connectivity index (χ2v) is 5.65. The SMILES string of the molecule is CCNCC(COC)N1CCN(CC(C)C)CC1. The molecule has 4 heteroatoms. The summed E-state index contributed by atoms with van der Waals surface area (Å²) in [7, 11) is 1.80. The summed E-state index contributed by atoms with van der Waals surface area (Å²) in [5, 5.41) is 3.44. The van der Waals surface area contributed by atoms with E-state index in [1.54, 1.807) is 7.11 Å². The smallest absolute Gasteiger partial charge is 0.0630 e. The van der Waals surface area contributed by atoms with Crippen LogP contribution in [-0.4, -0.2) is 75.4 Å². The number of hydrogen-bond acceptors (Lipinski definition) is 4. The number of nitrogens with zero attached hydrogens (tertiary/aromatic N) is 2. The molecular weight excluding hydrogens is 226 g/mol. The zero-order valence-electron chi connectivity index (χ0n) is 12.6. The summed E-state index contributed by atoms with van der Waals surface area (Å²) in [4.78, 5) is 5.15. The summed E-state index contributed by atoms with van der Waals surface area (Å²) in [6, 6.07) is 0.524. The van der Waals surface area contributed by atoms with E-state index in [1.807, 2.05) is 0 Å². The molecule has 1 fully saturated rings. The van der Waals surface area contributed by atoms with Gasteiger partial charge in [-0.15, -0.1) is 0 Å². The average Bonchev–Trinajstić information content (AvgIpc) is 2.35. The minimum absolute atomic E-state index is 0.524. The lowest BCUT2D eigenvalue weighted by atomic mass is 10.1. The van der Waals surface area contributed by atoms with Crippen molar-refractivity contribution in [2.75, 3.05) is 59.5 Å². The number of nitrogens with one attached hydrogen (secondary N) is 1. The van der Waals surface area contributed by atoms with Crippen molar-refractivity contribution in [2.45, 2.75) is 26.8 Å². The zero-order chi connectivity index (χ0) is 13.4. The minimum Gasteiger partial charge on any atom is -0.383 e. The summed E-state index contributed by atoms with van der Waals surface area (Å²) in [5.41, 5.74) is 0. The lowest BCUT2D eigenvalue weighted by molar-refractivity contribution is 0.0466. The third-order valence-electron chi connectivity index (χ3n) is 3.54. The van der Waals surface area contributed by atoms with Crippen molar-refractivity contribution in [3.8, 4) is 0 Å². The molecule has 1 heterocycles. The highest BCUT2D eigenvalue weighted by molar-refractivity contribution is 4.80.